The highest BCUT2D eigenvalue weighted by molar-refractivity contribution is 7.16. The van der Waals surface area contributed by atoms with Gasteiger partial charge in [0.1, 0.15) is 0 Å². The zero-order chi connectivity index (χ0) is 12.2. The number of ether oxygens (including phenoxy) is 1. The van der Waals surface area contributed by atoms with Crippen LogP contribution >= 0.6 is 9.24 Å². The third kappa shape index (κ3) is 12.2. The van der Waals surface area contributed by atoms with E-state index in [0.717, 1.165) is 19.4 Å². The molecule has 94 valence electrons. The zero-order valence-corrected chi connectivity index (χ0v) is 10.5. The summed E-state index contributed by atoms with van der Waals surface area (Å²) in [4.78, 5) is 0. The molecule has 15 heavy (non-hydrogen) atoms. The Morgan fingerprint density at radius 2 is 1.67 bits per heavy atom. The zero-order valence-electron chi connectivity index (χ0n) is 9.35. The highest BCUT2D eigenvalue weighted by Crippen LogP contribution is 1.93. The third-order valence-electron chi connectivity index (χ3n) is 1.64. The van der Waals surface area contributed by atoms with Crippen molar-refractivity contribution < 1.29 is 20.1 Å². The second-order valence-electron chi connectivity index (χ2n) is 3.18. The normalized spacial score (nSPS) is 10.8. The van der Waals surface area contributed by atoms with Gasteiger partial charge in [0.05, 0.1) is 25.4 Å². The van der Waals surface area contributed by atoms with E-state index in [1.807, 2.05) is 6.92 Å². The fraction of sp³-hybridized carbons (Fsp3) is 1.00. The molecule has 0 saturated carbocycles. The topological polar surface area (TPSA) is 95.9 Å². The summed E-state index contributed by atoms with van der Waals surface area (Å²) in [5, 5.41) is 25.0. The van der Waals surface area contributed by atoms with Gasteiger partial charge < -0.3 is 25.8 Å². The average molecular weight is 241 g/mol. The molecule has 0 fully saturated rings. The van der Waals surface area contributed by atoms with Crippen molar-refractivity contribution in [1.29, 1.82) is 0 Å². The van der Waals surface area contributed by atoms with Crippen LogP contribution in [0.1, 0.15) is 13.3 Å². The molecule has 0 aliphatic carbocycles. The molecule has 5 nitrogen and oxygen atoms in total. The van der Waals surface area contributed by atoms with Gasteiger partial charge in [0.15, 0.2) is 0 Å². The van der Waals surface area contributed by atoms with Crippen LogP contribution in [0.4, 0.5) is 0 Å². The molecule has 0 heterocycles. The van der Waals surface area contributed by atoms with Crippen LogP contribution in [0.5, 0.6) is 0 Å². The van der Waals surface area contributed by atoms with Crippen LogP contribution in [0.2, 0.25) is 0 Å². The molecule has 0 saturated heterocycles. The smallest absolute Gasteiger partial charge is 0.0856 e. The van der Waals surface area contributed by atoms with Gasteiger partial charge in [-0.1, -0.05) is 0 Å². The Bertz CT molecular complexity index is 110. The molecule has 1 atom stereocenters. The molecule has 0 aliphatic rings. The molecule has 0 spiro atoms. The van der Waals surface area contributed by atoms with Crippen molar-refractivity contribution in [2.24, 2.45) is 5.73 Å². The van der Waals surface area contributed by atoms with Crippen molar-refractivity contribution in [2.45, 2.75) is 18.9 Å². The first kappa shape index (κ1) is 17.6. The summed E-state index contributed by atoms with van der Waals surface area (Å²) in [7, 11) is 2.67. The van der Waals surface area contributed by atoms with Gasteiger partial charge in [-0.15, -0.1) is 9.24 Å². The number of aliphatic hydroxyl groups excluding tert-OH is 3. The Labute approximate surface area is 93.8 Å². The van der Waals surface area contributed by atoms with Gasteiger partial charge >= 0.3 is 0 Å². The summed E-state index contributed by atoms with van der Waals surface area (Å²) >= 11 is 0. The second-order valence-corrected chi connectivity index (χ2v) is 3.75. The van der Waals surface area contributed by atoms with Gasteiger partial charge in [-0.05, 0) is 19.5 Å². The Morgan fingerprint density at radius 3 is 1.87 bits per heavy atom. The minimum absolute atomic E-state index is 0.403. The summed E-state index contributed by atoms with van der Waals surface area (Å²) in [5.41, 5.74) is 3.94. The summed E-state index contributed by atoms with van der Waals surface area (Å²) in [6, 6.07) is 0. The number of aliphatic hydroxyl groups is 3. The second kappa shape index (κ2) is 12.3. The van der Waals surface area contributed by atoms with E-state index in [1.54, 1.807) is 0 Å². The lowest BCUT2D eigenvalue weighted by Crippen LogP contribution is -2.50. The van der Waals surface area contributed by atoms with Crippen LogP contribution in [0.15, 0.2) is 0 Å². The molecule has 0 aliphatic heterocycles. The van der Waals surface area contributed by atoms with Gasteiger partial charge in [0.25, 0.3) is 0 Å². The SMILES string of the molecule is CCOCCCP.NC(CO)(CO)CO. The Hall–Kier alpha value is 0.230. The monoisotopic (exact) mass is 241 g/mol. The van der Waals surface area contributed by atoms with Crippen LogP contribution < -0.4 is 5.73 Å². The maximum absolute atomic E-state index is 8.34. The van der Waals surface area contributed by atoms with Crippen molar-refractivity contribution in [1.82, 2.24) is 0 Å². The quantitative estimate of drug-likeness (QED) is 0.337. The van der Waals surface area contributed by atoms with Gasteiger partial charge in [-0.25, -0.2) is 0 Å². The molecule has 0 radical (unpaired) electrons. The highest BCUT2D eigenvalue weighted by atomic mass is 31.0. The highest BCUT2D eigenvalue weighted by Gasteiger charge is 2.20. The van der Waals surface area contributed by atoms with E-state index in [2.05, 4.69) is 9.24 Å². The van der Waals surface area contributed by atoms with E-state index in [4.69, 9.17) is 25.8 Å². The number of hydrogen-bond acceptors (Lipinski definition) is 5. The maximum Gasteiger partial charge on any atom is 0.0856 e. The number of nitrogens with two attached hydrogens (primary N) is 1. The molecule has 0 aromatic heterocycles. The fourth-order valence-electron chi connectivity index (χ4n) is 0.480. The van der Waals surface area contributed by atoms with Crippen molar-refractivity contribution in [3.05, 3.63) is 0 Å². The molecule has 0 rings (SSSR count). The first-order chi connectivity index (χ1) is 7.10. The average Bonchev–Trinajstić information content (AvgIpc) is 2.30. The molecular formula is C9H24NO4P. The van der Waals surface area contributed by atoms with E-state index in [-0.39, 0.29) is 0 Å². The number of rotatable bonds is 7. The van der Waals surface area contributed by atoms with E-state index in [0.29, 0.717) is 0 Å². The van der Waals surface area contributed by atoms with Crippen LogP contribution in [0.25, 0.3) is 0 Å². The van der Waals surface area contributed by atoms with Crippen LogP contribution in [-0.4, -0.2) is 60.1 Å². The summed E-state index contributed by atoms with van der Waals surface area (Å²) < 4.78 is 5.06. The molecule has 0 aromatic carbocycles. The van der Waals surface area contributed by atoms with E-state index in [9.17, 15) is 0 Å². The molecule has 6 heteroatoms. The lowest BCUT2D eigenvalue weighted by molar-refractivity contribution is 0.0698. The van der Waals surface area contributed by atoms with Crippen LogP contribution in [0.3, 0.4) is 0 Å². The van der Waals surface area contributed by atoms with Gasteiger partial charge in [-0.3, -0.25) is 0 Å². The molecule has 1 unspecified atom stereocenters. The summed E-state index contributed by atoms with van der Waals surface area (Å²) in [6.45, 7) is 2.58. The van der Waals surface area contributed by atoms with Gasteiger partial charge in [0.2, 0.25) is 0 Å². The van der Waals surface area contributed by atoms with Crippen molar-refractivity contribution in [2.75, 3.05) is 39.2 Å². The van der Waals surface area contributed by atoms with E-state index < -0.39 is 25.4 Å². The van der Waals surface area contributed by atoms with Crippen LogP contribution in [0, 0.1) is 0 Å². The minimum atomic E-state index is -1.21. The Morgan fingerprint density at radius 1 is 1.20 bits per heavy atom. The summed E-state index contributed by atoms with van der Waals surface area (Å²) in [6.07, 6.45) is 2.32. The number of hydrogen-bond donors (Lipinski definition) is 4. The van der Waals surface area contributed by atoms with Crippen molar-refractivity contribution in [3.8, 4) is 0 Å². The summed E-state index contributed by atoms with van der Waals surface area (Å²) in [5.74, 6) is 0. The molecule has 5 N–H and O–H groups in total. The first-order valence-corrected chi connectivity index (χ1v) is 5.81. The van der Waals surface area contributed by atoms with Gasteiger partial charge in [0, 0.05) is 13.2 Å². The maximum atomic E-state index is 8.34. The van der Waals surface area contributed by atoms with E-state index >= 15 is 0 Å². The van der Waals surface area contributed by atoms with E-state index in [1.165, 1.54) is 6.42 Å². The third-order valence-corrected chi connectivity index (χ3v) is 2.05. The van der Waals surface area contributed by atoms with Crippen molar-refractivity contribution >= 4 is 9.24 Å². The molecule has 0 bridgehead atoms. The predicted octanol–water partition coefficient (Wildman–Crippen LogP) is -1.05. The Balaban J connectivity index is 0. The Kier molecular flexibility index (Phi) is 14.4. The van der Waals surface area contributed by atoms with Gasteiger partial charge in [-0.2, -0.15) is 0 Å². The minimum Gasteiger partial charge on any atom is -0.394 e. The lowest BCUT2D eigenvalue weighted by atomic mass is 10.1. The molecular weight excluding hydrogens is 217 g/mol. The first-order valence-electron chi connectivity index (χ1n) is 4.99. The fourth-order valence-corrected chi connectivity index (χ4v) is 0.646. The standard InChI is InChI=1S/C5H13OP.C4H11NO3/c1-2-6-4-3-5-7;5-4(1-6,2-7)3-8/h2-5,7H2,1H3;6-8H,1-3,5H2. The predicted molar refractivity (Wildman–Crippen MR) is 63.9 cm³/mol. The molecule has 0 amide bonds. The largest absolute Gasteiger partial charge is 0.394 e. The van der Waals surface area contributed by atoms with Crippen LogP contribution in [-0.2, 0) is 4.74 Å². The lowest BCUT2D eigenvalue weighted by Gasteiger charge is -2.20. The van der Waals surface area contributed by atoms with Crippen molar-refractivity contribution in [3.63, 3.8) is 0 Å². The molecule has 0 aromatic rings.